The molecular formula is C25H44N4O8. The van der Waals surface area contributed by atoms with Crippen molar-refractivity contribution in [3.63, 3.8) is 0 Å². The maximum Gasteiger partial charge on any atom is 0.330 e. The Hall–Kier alpha value is -3.18. The second-order valence-electron chi connectivity index (χ2n) is 11.7. The first-order valence-corrected chi connectivity index (χ1v) is 11.9. The molecule has 4 amide bonds. The van der Waals surface area contributed by atoms with E-state index in [0.717, 1.165) is 0 Å². The molecule has 0 spiro atoms. The number of carbonyl (C=O) groups excluding carboxylic acids is 6. The van der Waals surface area contributed by atoms with E-state index >= 15 is 0 Å². The van der Waals surface area contributed by atoms with Crippen molar-refractivity contribution in [2.75, 3.05) is 7.11 Å². The quantitative estimate of drug-likeness (QED) is 0.284. The lowest BCUT2D eigenvalue weighted by Gasteiger charge is -2.37. The Morgan fingerprint density at radius 3 is 1.14 bits per heavy atom. The van der Waals surface area contributed by atoms with Gasteiger partial charge in [-0.2, -0.15) is 0 Å². The number of methoxy groups -OCH3 is 1. The molecule has 12 nitrogen and oxygen atoms in total. The van der Waals surface area contributed by atoms with Gasteiger partial charge in [-0.05, 0) is 62.3 Å². The summed E-state index contributed by atoms with van der Waals surface area (Å²) < 4.78 is 9.92. The number of esters is 2. The molecule has 0 bridgehead atoms. The molecule has 0 saturated carbocycles. The summed E-state index contributed by atoms with van der Waals surface area (Å²) in [7, 11) is 1.19. The lowest BCUT2D eigenvalue weighted by molar-refractivity contribution is -0.171. The Labute approximate surface area is 219 Å². The van der Waals surface area contributed by atoms with Crippen LogP contribution in [0.2, 0.25) is 0 Å². The zero-order valence-corrected chi connectivity index (χ0v) is 24.3. The standard InChI is InChI=1S/C25H44N4O8/c1-14(2)25(12,37-15(3)30)19(34)29-23(8,9)17(32)27-21(4,5)16(31)26-22(6,7)18(33)28-24(10,11)20(35)36-13/h14H,1-13H3,(H,26,31)(H,27,32)(H,28,33)(H,29,34)/t25-/m0/s1. The van der Waals surface area contributed by atoms with Crippen LogP contribution in [-0.2, 0) is 38.2 Å². The summed E-state index contributed by atoms with van der Waals surface area (Å²) in [5.74, 6) is -4.41. The van der Waals surface area contributed by atoms with Gasteiger partial charge < -0.3 is 30.7 Å². The van der Waals surface area contributed by atoms with Crippen LogP contribution in [0.25, 0.3) is 0 Å². The maximum absolute atomic E-state index is 13.1. The zero-order valence-electron chi connectivity index (χ0n) is 24.3. The smallest absolute Gasteiger partial charge is 0.330 e. The highest BCUT2D eigenvalue weighted by atomic mass is 16.6. The highest BCUT2D eigenvalue weighted by molar-refractivity contribution is 6.00. The number of hydrogen-bond acceptors (Lipinski definition) is 8. The second-order valence-corrected chi connectivity index (χ2v) is 11.7. The minimum Gasteiger partial charge on any atom is -0.467 e. The fraction of sp³-hybridized carbons (Fsp3) is 0.760. The van der Waals surface area contributed by atoms with Gasteiger partial charge in [0.25, 0.3) is 5.91 Å². The van der Waals surface area contributed by atoms with Crippen molar-refractivity contribution in [1.82, 2.24) is 21.3 Å². The molecule has 0 aliphatic rings. The van der Waals surface area contributed by atoms with E-state index in [1.165, 1.54) is 76.3 Å². The molecule has 212 valence electrons. The third kappa shape index (κ3) is 8.71. The first kappa shape index (κ1) is 33.8. The Kier molecular flexibility index (Phi) is 10.5. The van der Waals surface area contributed by atoms with Crippen LogP contribution < -0.4 is 21.3 Å². The van der Waals surface area contributed by atoms with Crippen LogP contribution in [0.4, 0.5) is 0 Å². The van der Waals surface area contributed by atoms with Gasteiger partial charge >= 0.3 is 11.9 Å². The maximum atomic E-state index is 13.1. The van der Waals surface area contributed by atoms with Crippen molar-refractivity contribution in [3.05, 3.63) is 0 Å². The van der Waals surface area contributed by atoms with E-state index in [-0.39, 0.29) is 0 Å². The summed E-state index contributed by atoms with van der Waals surface area (Å²) in [5.41, 5.74) is -7.33. The number of nitrogens with one attached hydrogen (secondary N) is 4. The van der Waals surface area contributed by atoms with Crippen LogP contribution in [-0.4, -0.2) is 70.4 Å². The molecule has 0 rings (SSSR count). The van der Waals surface area contributed by atoms with Gasteiger partial charge in [0.1, 0.15) is 22.2 Å². The van der Waals surface area contributed by atoms with E-state index in [2.05, 4.69) is 26.0 Å². The summed E-state index contributed by atoms with van der Waals surface area (Å²) in [6.45, 7) is 17.6. The molecule has 0 aliphatic heterocycles. The third-order valence-electron chi connectivity index (χ3n) is 6.01. The van der Waals surface area contributed by atoms with E-state index in [1.54, 1.807) is 13.8 Å². The molecule has 37 heavy (non-hydrogen) atoms. The van der Waals surface area contributed by atoms with Gasteiger partial charge in [-0.1, -0.05) is 13.8 Å². The SMILES string of the molecule is COC(=O)C(C)(C)NC(=O)C(C)(C)NC(=O)C(C)(C)NC(=O)C(C)(C)NC(=O)[C@@](C)(OC(C)=O)C(C)C. The third-order valence-corrected chi connectivity index (χ3v) is 6.01. The van der Waals surface area contributed by atoms with Crippen molar-refractivity contribution in [2.45, 2.75) is 111 Å². The highest BCUT2D eigenvalue weighted by Crippen LogP contribution is 2.23. The van der Waals surface area contributed by atoms with Crippen LogP contribution in [0.1, 0.15) is 83.1 Å². The topological polar surface area (TPSA) is 169 Å². The molecule has 0 heterocycles. The Balaban J connectivity index is 5.57. The average Bonchev–Trinajstić information content (AvgIpc) is 2.70. The first-order chi connectivity index (χ1) is 16.4. The fourth-order valence-electron chi connectivity index (χ4n) is 2.93. The van der Waals surface area contributed by atoms with Crippen LogP contribution >= 0.6 is 0 Å². The minimum atomic E-state index is -1.52. The van der Waals surface area contributed by atoms with Gasteiger partial charge in [-0.25, -0.2) is 4.79 Å². The molecule has 0 aromatic carbocycles. The van der Waals surface area contributed by atoms with E-state index in [4.69, 9.17) is 4.74 Å². The van der Waals surface area contributed by atoms with Gasteiger partial charge in [-0.15, -0.1) is 0 Å². The predicted molar refractivity (Wildman–Crippen MR) is 136 cm³/mol. The monoisotopic (exact) mass is 528 g/mol. The number of rotatable bonds is 11. The molecule has 0 fully saturated rings. The molecule has 0 aromatic rings. The van der Waals surface area contributed by atoms with Gasteiger partial charge in [0.05, 0.1) is 7.11 Å². The predicted octanol–water partition coefficient (Wildman–Crippen LogP) is 0.716. The van der Waals surface area contributed by atoms with Crippen molar-refractivity contribution in [3.8, 4) is 0 Å². The normalized spacial score (nSPS) is 14.1. The summed E-state index contributed by atoms with van der Waals surface area (Å²) in [6, 6.07) is 0. The Morgan fingerprint density at radius 2 is 0.865 bits per heavy atom. The largest absolute Gasteiger partial charge is 0.467 e. The minimum absolute atomic E-state index is 0.394. The summed E-state index contributed by atoms with van der Waals surface area (Å²) in [5, 5.41) is 10.3. The van der Waals surface area contributed by atoms with Crippen molar-refractivity contribution < 1.29 is 38.2 Å². The molecule has 0 aliphatic carbocycles. The van der Waals surface area contributed by atoms with E-state index < -0.39 is 69.2 Å². The van der Waals surface area contributed by atoms with Crippen LogP contribution in [0.3, 0.4) is 0 Å². The van der Waals surface area contributed by atoms with Crippen molar-refractivity contribution in [2.24, 2.45) is 5.92 Å². The highest BCUT2D eigenvalue weighted by Gasteiger charge is 2.46. The fourth-order valence-corrected chi connectivity index (χ4v) is 2.93. The van der Waals surface area contributed by atoms with E-state index in [0.29, 0.717) is 0 Å². The summed E-state index contributed by atoms with van der Waals surface area (Å²) >= 11 is 0. The Bertz CT molecular complexity index is 937. The summed E-state index contributed by atoms with van der Waals surface area (Å²) in [6.07, 6.45) is 0. The number of ether oxygens (including phenoxy) is 2. The zero-order chi connectivity index (χ0) is 29.8. The van der Waals surface area contributed by atoms with Crippen LogP contribution in [0, 0.1) is 5.92 Å². The van der Waals surface area contributed by atoms with Crippen molar-refractivity contribution in [1.29, 1.82) is 0 Å². The molecular weight excluding hydrogens is 484 g/mol. The summed E-state index contributed by atoms with van der Waals surface area (Å²) in [4.78, 5) is 75.3. The lowest BCUT2D eigenvalue weighted by Crippen LogP contribution is -2.68. The second kappa shape index (κ2) is 11.5. The molecule has 1 atom stereocenters. The molecule has 0 radical (unpaired) electrons. The van der Waals surface area contributed by atoms with Crippen LogP contribution in [0.5, 0.6) is 0 Å². The number of amides is 4. The van der Waals surface area contributed by atoms with Gasteiger partial charge in [0.15, 0.2) is 5.60 Å². The molecule has 12 heteroatoms. The van der Waals surface area contributed by atoms with Gasteiger partial charge in [0.2, 0.25) is 17.7 Å². The lowest BCUT2D eigenvalue weighted by atomic mass is 9.89. The Morgan fingerprint density at radius 1 is 0.568 bits per heavy atom. The van der Waals surface area contributed by atoms with Gasteiger partial charge in [-0.3, -0.25) is 24.0 Å². The molecule has 0 unspecified atom stereocenters. The van der Waals surface area contributed by atoms with E-state index in [9.17, 15) is 28.8 Å². The molecule has 0 saturated heterocycles. The van der Waals surface area contributed by atoms with Crippen molar-refractivity contribution >= 4 is 35.6 Å². The first-order valence-electron chi connectivity index (χ1n) is 11.9. The molecule has 0 aromatic heterocycles. The molecule has 4 N–H and O–H groups in total. The number of hydrogen-bond donors (Lipinski definition) is 4. The number of carbonyl (C=O) groups is 6. The van der Waals surface area contributed by atoms with Crippen LogP contribution in [0.15, 0.2) is 0 Å². The van der Waals surface area contributed by atoms with E-state index in [1.807, 2.05) is 0 Å². The van der Waals surface area contributed by atoms with Gasteiger partial charge in [0, 0.05) is 12.8 Å². The average molecular weight is 529 g/mol.